The number of aldehydes is 1. The van der Waals surface area contributed by atoms with Gasteiger partial charge in [0, 0.05) is 4.48 Å². The van der Waals surface area contributed by atoms with Gasteiger partial charge in [0.1, 0.15) is 18.1 Å². The van der Waals surface area contributed by atoms with E-state index in [4.69, 9.17) is 4.74 Å². The molecule has 0 saturated heterocycles. The first kappa shape index (κ1) is 12.4. The second-order valence-corrected chi connectivity index (χ2v) is 3.37. The van der Waals surface area contributed by atoms with Crippen LogP contribution in [0, 0.1) is 5.92 Å². The molecule has 13 heavy (non-hydrogen) atoms. The summed E-state index contributed by atoms with van der Waals surface area (Å²) in [6, 6.07) is 0. The third kappa shape index (κ3) is 3.32. The van der Waals surface area contributed by atoms with Crippen LogP contribution < -0.4 is 0 Å². The van der Waals surface area contributed by atoms with Gasteiger partial charge in [0.05, 0.1) is 13.0 Å². The van der Waals surface area contributed by atoms with E-state index in [1.54, 1.807) is 13.0 Å². The fraction of sp³-hybridized carbons (Fsp3) is 0.444. The minimum atomic E-state index is -1.01. The minimum absolute atomic E-state index is 0.177. The van der Waals surface area contributed by atoms with E-state index in [0.717, 1.165) is 0 Å². The van der Waals surface area contributed by atoms with Crippen molar-refractivity contribution in [3.05, 3.63) is 22.9 Å². The van der Waals surface area contributed by atoms with Crippen molar-refractivity contribution in [1.29, 1.82) is 0 Å². The average Bonchev–Trinajstić information content (AvgIpc) is 2.17. The number of hydrogen-bond donors (Lipinski definition) is 1. The van der Waals surface area contributed by atoms with Gasteiger partial charge in [0.15, 0.2) is 0 Å². The Balaban J connectivity index is 4.58. The van der Waals surface area contributed by atoms with Crippen LogP contribution >= 0.6 is 15.9 Å². The zero-order valence-corrected chi connectivity index (χ0v) is 9.24. The van der Waals surface area contributed by atoms with Gasteiger partial charge in [-0.25, -0.2) is 0 Å². The number of methoxy groups -OCH3 is 1. The summed E-state index contributed by atoms with van der Waals surface area (Å²) >= 11 is 3.17. The van der Waals surface area contributed by atoms with Gasteiger partial charge >= 0.3 is 0 Å². The average molecular weight is 249 g/mol. The molecule has 2 unspecified atom stereocenters. The standard InChI is InChI=1S/C9H13BrO3/c1-4-8(10)7(5-11)9(12)6(2)13-3/h4-5,7,9,12H,2H2,1,3H3/b8-4+. The summed E-state index contributed by atoms with van der Waals surface area (Å²) < 4.78 is 5.36. The van der Waals surface area contributed by atoms with E-state index in [2.05, 4.69) is 22.5 Å². The number of hydrogen-bond acceptors (Lipinski definition) is 3. The van der Waals surface area contributed by atoms with Crippen LogP contribution in [0.3, 0.4) is 0 Å². The predicted molar refractivity (Wildman–Crippen MR) is 54.4 cm³/mol. The molecule has 0 bridgehead atoms. The monoisotopic (exact) mass is 248 g/mol. The lowest BCUT2D eigenvalue weighted by Crippen LogP contribution is -2.24. The lowest BCUT2D eigenvalue weighted by molar-refractivity contribution is -0.112. The van der Waals surface area contributed by atoms with Gasteiger partial charge in [-0.2, -0.15) is 0 Å². The van der Waals surface area contributed by atoms with Crippen LogP contribution in [-0.2, 0) is 9.53 Å². The summed E-state index contributed by atoms with van der Waals surface area (Å²) in [5.74, 6) is -0.464. The molecular formula is C9H13BrO3. The molecule has 0 aromatic rings. The van der Waals surface area contributed by atoms with Crippen LogP contribution in [-0.4, -0.2) is 24.6 Å². The smallest absolute Gasteiger partial charge is 0.131 e. The topological polar surface area (TPSA) is 46.5 Å². The Labute approximate surface area is 86.2 Å². The first-order chi connectivity index (χ1) is 6.08. The van der Waals surface area contributed by atoms with E-state index in [1.807, 2.05) is 0 Å². The predicted octanol–water partition coefficient (Wildman–Crippen LogP) is 1.62. The maximum absolute atomic E-state index is 10.6. The Morgan fingerprint density at radius 2 is 2.23 bits per heavy atom. The third-order valence-electron chi connectivity index (χ3n) is 1.67. The Kier molecular flexibility index (Phi) is 5.66. The van der Waals surface area contributed by atoms with Crippen molar-refractivity contribution in [3.8, 4) is 0 Å². The van der Waals surface area contributed by atoms with E-state index >= 15 is 0 Å². The molecule has 0 aromatic carbocycles. The fourth-order valence-electron chi connectivity index (χ4n) is 0.804. The number of aliphatic hydroxyl groups is 1. The van der Waals surface area contributed by atoms with Crippen molar-refractivity contribution in [3.63, 3.8) is 0 Å². The van der Waals surface area contributed by atoms with E-state index in [-0.39, 0.29) is 5.76 Å². The van der Waals surface area contributed by atoms with Gasteiger partial charge in [0.25, 0.3) is 0 Å². The quantitative estimate of drug-likeness (QED) is 0.595. The third-order valence-corrected chi connectivity index (χ3v) is 2.66. The molecule has 0 aliphatic heterocycles. The molecule has 0 radical (unpaired) electrons. The Morgan fingerprint density at radius 3 is 2.54 bits per heavy atom. The Hall–Kier alpha value is -0.610. The maximum atomic E-state index is 10.6. The molecule has 0 saturated carbocycles. The second-order valence-electron chi connectivity index (χ2n) is 2.45. The number of aliphatic hydroxyl groups excluding tert-OH is 1. The molecule has 74 valence electrons. The van der Waals surface area contributed by atoms with Crippen LogP contribution in [0.2, 0.25) is 0 Å². The summed E-state index contributed by atoms with van der Waals surface area (Å²) in [4.78, 5) is 10.6. The first-order valence-corrected chi connectivity index (χ1v) is 4.55. The molecule has 0 aliphatic rings. The number of allylic oxidation sites excluding steroid dienone is 1. The molecule has 0 amide bonds. The number of rotatable bonds is 5. The number of ether oxygens (including phenoxy) is 1. The Bertz CT molecular complexity index is 223. The molecule has 0 heterocycles. The van der Waals surface area contributed by atoms with Gasteiger partial charge < -0.3 is 14.6 Å². The van der Waals surface area contributed by atoms with Crippen LogP contribution in [0.25, 0.3) is 0 Å². The summed E-state index contributed by atoms with van der Waals surface area (Å²) in [5.41, 5.74) is 0. The summed E-state index contributed by atoms with van der Waals surface area (Å²) in [6.07, 6.45) is 1.34. The molecule has 1 N–H and O–H groups in total. The van der Waals surface area contributed by atoms with E-state index in [0.29, 0.717) is 10.8 Å². The highest BCUT2D eigenvalue weighted by atomic mass is 79.9. The van der Waals surface area contributed by atoms with Crippen molar-refractivity contribution in [2.24, 2.45) is 5.92 Å². The number of carbonyl (C=O) groups excluding carboxylic acids is 1. The summed E-state index contributed by atoms with van der Waals surface area (Å²) in [5, 5.41) is 9.55. The SMILES string of the molecule is C=C(OC)C(O)C(C=O)/C(Br)=C\C. The van der Waals surface area contributed by atoms with E-state index in [9.17, 15) is 9.90 Å². The summed E-state index contributed by atoms with van der Waals surface area (Å²) in [6.45, 7) is 5.25. The van der Waals surface area contributed by atoms with Crippen molar-refractivity contribution in [1.82, 2.24) is 0 Å². The van der Waals surface area contributed by atoms with E-state index in [1.165, 1.54) is 7.11 Å². The highest BCUT2D eigenvalue weighted by Crippen LogP contribution is 2.23. The van der Waals surface area contributed by atoms with E-state index < -0.39 is 12.0 Å². The highest BCUT2D eigenvalue weighted by molar-refractivity contribution is 9.11. The Morgan fingerprint density at radius 1 is 1.69 bits per heavy atom. The van der Waals surface area contributed by atoms with Gasteiger partial charge in [-0.3, -0.25) is 0 Å². The minimum Gasteiger partial charge on any atom is -0.499 e. The lowest BCUT2D eigenvalue weighted by Gasteiger charge is -2.18. The maximum Gasteiger partial charge on any atom is 0.131 e. The van der Waals surface area contributed by atoms with Crippen LogP contribution in [0.15, 0.2) is 22.9 Å². The van der Waals surface area contributed by atoms with Crippen LogP contribution in [0.4, 0.5) is 0 Å². The van der Waals surface area contributed by atoms with Crippen molar-refractivity contribution >= 4 is 22.2 Å². The van der Waals surface area contributed by atoms with Gasteiger partial charge in [-0.1, -0.05) is 28.6 Å². The lowest BCUT2D eigenvalue weighted by atomic mass is 10.0. The highest BCUT2D eigenvalue weighted by Gasteiger charge is 2.24. The molecule has 0 aliphatic carbocycles. The molecule has 0 spiro atoms. The van der Waals surface area contributed by atoms with Crippen LogP contribution in [0.5, 0.6) is 0 Å². The fourth-order valence-corrected chi connectivity index (χ4v) is 1.16. The summed E-state index contributed by atoms with van der Waals surface area (Å²) in [7, 11) is 1.40. The van der Waals surface area contributed by atoms with Crippen LogP contribution in [0.1, 0.15) is 6.92 Å². The molecule has 0 fully saturated rings. The molecule has 2 atom stereocenters. The molecular weight excluding hydrogens is 236 g/mol. The second kappa shape index (κ2) is 5.94. The largest absolute Gasteiger partial charge is 0.499 e. The van der Waals surface area contributed by atoms with Gasteiger partial charge in [0.2, 0.25) is 0 Å². The van der Waals surface area contributed by atoms with Gasteiger partial charge in [-0.15, -0.1) is 0 Å². The zero-order valence-electron chi connectivity index (χ0n) is 7.66. The van der Waals surface area contributed by atoms with Crippen molar-refractivity contribution < 1.29 is 14.6 Å². The number of carbonyl (C=O) groups is 1. The zero-order chi connectivity index (χ0) is 10.4. The van der Waals surface area contributed by atoms with Crippen molar-refractivity contribution in [2.75, 3.05) is 7.11 Å². The molecule has 0 rings (SSSR count). The molecule has 4 heteroatoms. The first-order valence-electron chi connectivity index (χ1n) is 3.76. The van der Waals surface area contributed by atoms with Gasteiger partial charge in [-0.05, 0) is 6.92 Å². The molecule has 0 aromatic heterocycles. The normalized spacial score (nSPS) is 16.2. The van der Waals surface area contributed by atoms with Crippen molar-refractivity contribution in [2.45, 2.75) is 13.0 Å². The molecule has 3 nitrogen and oxygen atoms in total. The number of halogens is 1.